The van der Waals surface area contributed by atoms with Gasteiger partial charge >= 0.3 is 0 Å². The van der Waals surface area contributed by atoms with Gasteiger partial charge in [0.05, 0.1) is 10.5 Å². The van der Waals surface area contributed by atoms with Crippen molar-refractivity contribution < 1.29 is 9.72 Å². The molecule has 0 unspecified atom stereocenters. The van der Waals surface area contributed by atoms with Crippen molar-refractivity contribution in [3.63, 3.8) is 0 Å². The second-order valence-corrected chi connectivity index (χ2v) is 4.63. The molecule has 0 saturated carbocycles. The number of nitro groups is 1. The molecule has 0 bridgehead atoms. The summed E-state index contributed by atoms with van der Waals surface area (Å²) in [5, 5.41) is 10.7. The Bertz CT molecular complexity index is 484. The maximum absolute atomic E-state index is 12.2. The van der Waals surface area contributed by atoms with E-state index in [9.17, 15) is 14.9 Å². The van der Waals surface area contributed by atoms with E-state index < -0.39 is 4.92 Å². The van der Waals surface area contributed by atoms with E-state index in [1.54, 1.807) is 4.90 Å². The lowest BCUT2D eigenvalue weighted by atomic mass is 10.1. The number of nitro benzene ring substituents is 1. The van der Waals surface area contributed by atoms with E-state index in [0.717, 1.165) is 19.3 Å². The average Bonchev–Trinajstić information content (AvgIpc) is 2.39. The van der Waals surface area contributed by atoms with E-state index in [2.05, 4.69) is 0 Å². The largest absolute Gasteiger partial charge is 0.339 e. The number of carbonyl (C=O) groups excluding carboxylic acids is 1. The molecule has 1 saturated heterocycles. The Kier molecular flexibility index (Phi) is 3.81. The molecule has 0 radical (unpaired) electrons. The fourth-order valence-electron chi connectivity index (χ4n) is 2.09. The molecule has 1 aromatic rings. The highest BCUT2D eigenvalue weighted by atomic mass is 35.5. The number of carbonyl (C=O) groups is 1. The third-order valence-electron chi connectivity index (χ3n) is 3.05. The first-order valence-corrected chi connectivity index (χ1v) is 6.21. The summed E-state index contributed by atoms with van der Waals surface area (Å²) in [5.74, 6) is -0.219. The van der Waals surface area contributed by atoms with Crippen LogP contribution in [0.25, 0.3) is 0 Å². The smallest absolute Gasteiger partial charge is 0.288 e. The third kappa shape index (κ3) is 2.46. The zero-order valence-electron chi connectivity index (χ0n) is 9.76. The third-order valence-corrected chi connectivity index (χ3v) is 3.45. The lowest BCUT2D eigenvalue weighted by Crippen LogP contribution is -2.35. The zero-order valence-corrected chi connectivity index (χ0v) is 10.5. The molecule has 5 nitrogen and oxygen atoms in total. The van der Waals surface area contributed by atoms with Gasteiger partial charge in [0, 0.05) is 19.2 Å². The predicted octanol–water partition coefficient (Wildman–Crippen LogP) is 2.87. The molecule has 1 aliphatic heterocycles. The number of piperidine rings is 1. The van der Waals surface area contributed by atoms with Crippen LogP contribution >= 0.6 is 11.6 Å². The van der Waals surface area contributed by atoms with Crippen LogP contribution in [-0.2, 0) is 0 Å². The fraction of sp³-hybridized carbons (Fsp3) is 0.417. The van der Waals surface area contributed by atoms with Gasteiger partial charge in [0.1, 0.15) is 5.02 Å². The molecule has 2 rings (SSSR count). The van der Waals surface area contributed by atoms with Crippen molar-refractivity contribution in [2.24, 2.45) is 0 Å². The number of hydrogen-bond acceptors (Lipinski definition) is 3. The van der Waals surface area contributed by atoms with Gasteiger partial charge in [0.2, 0.25) is 0 Å². The van der Waals surface area contributed by atoms with Crippen molar-refractivity contribution in [3.05, 3.63) is 38.9 Å². The van der Waals surface area contributed by atoms with E-state index in [-0.39, 0.29) is 22.2 Å². The van der Waals surface area contributed by atoms with Gasteiger partial charge in [0.25, 0.3) is 11.6 Å². The van der Waals surface area contributed by atoms with Crippen molar-refractivity contribution >= 4 is 23.2 Å². The first-order valence-electron chi connectivity index (χ1n) is 5.83. The second-order valence-electron chi connectivity index (χ2n) is 4.25. The number of nitrogens with zero attached hydrogens (tertiary/aromatic N) is 2. The van der Waals surface area contributed by atoms with Crippen LogP contribution in [0.3, 0.4) is 0 Å². The highest BCUT2D eigenvalue weighted by molar-refractivity contribution is 6.35. The monoisotopic (exact) mass is 268 g/mol. The Morgan fingerprint density at radius 1 is 1.28 bits per heavy atom. The van der Waals surface area contributed by atoms with Gasteiger partial charge in [-0.1, -0.05) is 17.7 Å². The molecule has 1 amide bonds. The topological polar surface area (TPSA) is 63.4 Å². The first kappa shape index (κ1) is 12.8. The summed E-state index contributed by atoms with van der Waals surface area (Å²) in [4.78, 5) is 24.1. The van der Waals surface area contributed by atoms with Crippen LogP contribution in [0, 0.1) is 10.1 Å². The number of benzene rings is 1. The highest BCUT2D eigenvalue weighted by Crippen LogP contribution is 2.29. The Balaban J connectivity index is 2.30. The van der Waals surface area contributed by atoms with E-state index in [1.807, 2.05) is 0 Å². The van der Waals surface area contributed by atoms with E-state index in [1.165, 1.54) is 18.2 Å². The Morgan fingerprint density at radius 2 is 1.94 bits per heavy atom. The van der Waals surface area contributed by atoms with E-state index in [4.69, 9.17) is 11.6 Å². The summed E-state index contributed by atoms with van der Waals surface area (Å²) >= 11 is 5.93. The molecule has 0 N–H and O–H groups in total. The molecule has 96 valence electrons. The lowest BCUT2D eigenvalue weighted by Gasteiger charge is -2.26. The van der Waals surface area contributed by atoms with Gasteiger partial charge < -0.3 is 4.90 Å². The quantitative estimate of drug-likeness (QED) is 0.612. The summed E-state index contributed by atoms with van der Waals surface area (Å²) in [6, 6.07) is 4.32. The summed E-state index contributed by atoms with van der Waals surface area (Å²) in [6.45, 7) is 1.38. The van der Waals surface area contributed by atoms with Crippen LogP contribution in [0.4, 0.5) is 5.69 Å². The molecule has 0 atom stereocenters. The molecular formula is C12H13ClN2O3. The van der Waals surface area contributed by atoms with Crippen molar-refractivity contribution in [2.75, 3.05) is 13.1 Å². The lowest BCUT2D eigenvalue weighted by molar-refractivity contribution is -0.384. The first-order chi connectivity index (χ1) is 8.61. The fourth-order valence-corrected chi connectivity index (χ4v) is 2.37. The predicted molar refractivity (Wildman–Crippen MR) is 67.9 cm³/mol. The minimum Gasteiger partial charge on any atom is -0.339 e. The van der Waals surface area contributed by atoms with Gasteiger partial charge in [-0.2, -0.15) is 0 Å². The number of halogens is 1. The Labute approximate surface area is 109 Å². The van der Waals surface area contributed by atoms with Gasteiger partial charge in [-0.15, -0.1) is 0 Å². The van der Waals surface area contributed by atoms with Crippen LogP contribution in [0.1, 0.15) is 29.6 Å². The summed E-state index contributed by atoms with van der Waals surface area (Å²) < 4.78 is 0. The van der Waals surface area contributed by atoms with Crippen molar-refractivity contribution in [3.8, 4) is 0 Å². The molecule has 0 aliphatic carbocycles. The average molecular weight is 269 g/mol. The molecular weight excluding hydrogens is 256 g/mol. The molecule has 6 heteroatoms. The maximum atomic E-state index is 12.2. The van der Waals surface area contributed by atoms with Crippen LogP contribution < -0.4 is 0 Å². The van der Waals surface area contributed by atoms with E-state index >= 15 is 0 Å². The number of amides is 1. The standard InChI is InChI=1S/C12H13ClN2O3/c13-11-9(5-4-6-10(11)15(17)18)12(16)14-7-2-1-3-8-14/h4-6H,1-3,7-8H2. The maximum Gasteiger partial charge on any atom is 0.288 e. The summed E-state index contributed by atoms with van der Waals surface area (Å²) in [6.07, 6.45) is 3.06. The molecule has 0 spiro atoms. The highest BCUT2D eigenvalue weighted by Gasteiger charge is 2.24. The normalized spacial score (nSPS) is 15.5. The van der Waals surface area contributed by atoms with Crippen LogP contribution in [0.15, 0.2) is 18.2 Å². The van der Waals surface area contributed by atoms with Gasteiger partial charge in [-0.3, -0.25) is 14.9 Å². The van der Waals surface area contributed by atoms with Crippen LogP contribution in [0.5, 0.6) is 0 Å². The zero-order chi connectivity index (χ0) is 13.1. The van der Waals surface area contributed by atoms with Crippen LogP contribution in [-0.4, -0.2) is 28.8 Å². The van der Waals surface area contributed by atoms with Crippen molar-refractivity contribution in [2.45, 2.75) is 19.3 Å². The molecule has 1 aromatic carbocycles. The molecule has 1 aliphatic rings. The van der Waals surface area contributed by atoms with Gasteiger partial charge in [-0.25, -0.2) is 0 Å². The number of likely N-dealkylation sites (tertiary alicyclic amines) is 1. The summed E-state index contributed by atoms with van der Waals surface area (Å²) in [7, 11) is 0. The molecule has 1 fully saturated rings. The van der Waals surface area contributed by atoms with Crippen molar-refractivity contribution in [1.29, 1.82) is 0 Å². The molecule has 0 aromatic heterocycles. The van der Waals surface area contributed by atoms with Crippen molar-refractivity contribution in [1.82, 2.24) is 4.90 Å². The van der Waals surface area contributed by atoms with E-state index in [0.29, 0.717) is 13.1 Å². The molecule has 18 heavy (non-hydrogen) atoms. The summed E-state index contributed by atoms with van der Waals surface area (Å²) in [5.41, 5.74) is -0.00714. The minimum absolute atomic E-state index is 0.0712. The Morgan fingerprint density at radius 3 is 2.56 bits per heavy atom. The SMILES string of the molecule is O=C(c1cccc([N+](=O)[O-])c1Cl)N1CCCCC1. The van der Waals surface area contributed by atoms with Gasteiger partial charge in [-0.05, 0) is 25.3 Å². The van der Waals surface area contributed by atoms with Crippen LogP contribution in [0.2, 0.25) is 5.02 Å². The minimum atomic E-state index is -0.574. The Hall–Kier alpha value is -1.62. The molecule has 1 heterocycles. The van der Waals surface area contributed by atoms with Gasteiger partial charge in [0.15, 0.2) is 0 Å². The number of rotatable bonds is 2. The number of hydrogen-bond donors (Lipinski definition) is 0. The second kappa shape index (κ2) is 5.35.